The van der Waals surface area contributed by atoms with Crippen molar-refractivity contribution in [1.29, 1.82) is 0 Å². The van der Waals surface area contributed by atoms with E-state index in [1.165, 1.54) is 0 Å². The van der Waals surface area contributed by atoms with Crippen molar-refractivity contribution in [2.75, 3.05) is 0 Å². The van der Waals surface area contributed by atoms with Crippen LogP contribution in [-0.4, -0.2) is 17.3 Å². The van der Waals surface area contributed by atoms with E-state index in [0.29, 0.717) is 24.8 Å². The molecule has 0 aromatic heterocycles. The van der Waals surface area contributed by atoms with Gasteiger partial charge in [-0.15, -0.1) is 0 Å². The van der Waals surface area contributed by atoms with Gasteiger partial charge in [-0.2, -0.15) is 0 Å². The second-order valence-corrected chi connectivity index (χ2v) is 4.45. The molecule has 2 rings (SSSR count). The maximum atomic E-state index is 12.1. The molecule has 1 fully saturated rings. The van der Waals surface area contributed by atoms with Gasteiger partial charge in [0.15, 0.2) is 17.3 Å². The van der Waals surface area contributed by atoms with Crippen LogP contribution in [0.3, 0.4) is 0 Å². The van der Waals surface area contributed by atoms with E-state index < -0.39 is 5.92 Å². The topological polar surface area (TPSA) is 51.2 Å². The van der Waals surface area contributed by atoms with Gasteiger partial charge in [0.25, 0.3) is 0 Å². The predicted octanol–water partition coefficient (Wildman–Crippen LogP) is 2.12. The van der Waals surface area contributed by atoms with Gasteiger partial charge in [-0.1, -0.05) is 29.8 Å². The van der Waals surface area contributed by atoms with Crippen molar-refractivity contribution in [3.05, 3.63) is 35.4 Å². The van der Waals surface area contributed by atoms with Crippen molar-refractivity contribution in [2.24, 2.45) is 5.92 Å². The van der Waals surface area contributed by atoms with Crippen molar-refractivity contribution >= 4 is 17.3 Å². The Balaban J connectivity index is 2.27. The summed E-state index contributed by atoms with van der Waals surface area (Å²) in [5.41, 5.74) is 1.49. The summed E-state index contributed by atoms with van der Waals surface area (Å²) in [4.78, 5) is 35.4. The first kappa shape index (κ1) is 11.7. The molecule has 3 nitrogen and oxygen atoms in total. The smallest absolute Gasteiger partial charge is 0.180 e. The van der Waals surface area contributed by atoms with Crippen LogP contribution in [0.2, 0.25) is 0 Å². The third-order valence-electron chi connectivity index (χ3n) is 3.09. The Labute approximate surface area is 99.8 Å². The van der Waals surface area contributed by atoms with Gasteiger partial charge < -0.3 is 0 Å². The average molecular weight is 230 g/mol. The van der Waals surface area contributed by atoms with E-state index in [4.69, 9.17) is 0 Å². The van der Waals surface area contributed by atoms with Gasteiger partial charge in [0.1, 0.15) is 5.92 Å². The van der Waals surface area contributed by atoms with Gasteiger partial charge in [0.2, 0.25) is 0 Å². The van der Waals surface area contributed by atoms with Crippen molar-refractivity contribution in [3.63, 3.8) is 0 Å². The molecule has 0 radical (unpaired) electrons. The van der Waals surface area contributed by atoms with Crippen molar-refractivity contribution in [1.82, 2.24) is 0 Å². The quantitative estimate of drug-likeness (QED) is 0.577. The normalized spacial score (nSPS) is 17.2. The minimum atomic E-state index is -1.05. The van der Waals surface area contributed by atoms with Crippen LogP contribution < -0.4 is 0 Å². The Bertz CT molecular complexity index is 455. The number of benzene rings is 1. The molecule has 0 N–H and O–H groups in total. The lowest BCUT2D eigenvalue weighted by molar-refractivity contribution is -0.133. The summed E-state index contributed by atoms with van der Waals surface area (Å²) in [5.74, 6) is -1.86. The SMILES string of the molecule is Cc1ccc(C(=O)C2C(=O)CCCC2=O)cc1. The van der Waals surface area contributed by atoms with Crippen LogP contribution in [0.15, 0.2) is 24.3 Å². The molecule has 0 bridgehead atoms. The van der Waals surface area contributed by atoms with E-state index in [-0.39, 0.29) is 17.3 Å². The predicted molar refractivity (Wildman–Crippen MR) is 62.9 cm³/mol. The second-order valence-electron chi connectivity index (χ2n) is 4.45. The summed E-state index contributed by atoms with van der Waals surface area (Å²) >= 11 is 0. The number of Topliss-reactive ketones (excluding diaryl/α,β-unsaturated/α-hetero) is 3. The van der Waals surface area contributed by atoms with Gasteiger partial charge in [-0.25, -0.2) is 0 Å². The van der Waals surface area contributed by atoms with Crippen LogP contribution in [0.5, 0.6) is 0 Å². The Morgan fingerprint density at radius 1 is 1.06 bits per heavy atom. The number of aryl methyl sites for hydroxylation is 1. The summed E-state index contributed by atoms with van der Waals surface area (Å²) in [6, 6.07) is 6.97. The monoisotopic (exact) mass is 230 g/mol. The minimum absolute atomic E-state index is 0.230. The molecule has 88 valence electrons. The molecule has 0 unspecified atom stereocenters. The molecule has 1 aromatic rings. The van der Waals surface area contributed by atoms with Crippen LogP contribution in [0, 0.1) is 12.8 Å². The molecule has 0 heterocycles. The largest absolute Gasteiger partial charge is 0.298 e. The molecule has 1 aliphatic carbocycles. The lowest BCUT2D eigenvalue weighted by Crippen LogP contribution is -2.35. The average Bonchev–Trinajstić information content (AvgIpc) is 2.29. The van der Waals surface area contributed by atoms with Gasteiger partial charge in [-0.05, 0) is 13.3 Å². The highest BCUT2D eigenvalue weighted by atomic mass is 16.2. The van der Waals surface area contributed by atoms with Crippen molar-refractivity contribution in [3.8, 4) is 0 Å². The number of hydrogen-bond acceptors (Lipinski definition) is 3. The van der Waals surface area contributed by atoms with E-state index in [1.54, 1.807) is 12.1 Å². The first-order valence-electron chi connectivity index (χ1n) is 5.76. The van der Waals surface area contributed by atoms with Gasteiger partial charge >= 0.3 is 0 Å². The van der Waals surface area contributed by atoms with E-state index in [2.05, 4.69) is 0 Å². The van der Waals surface area contributed by atoms with Crippen LogP contribution >= 0.6 is 0 Å². The molecule has 0 atom stereocenters. The highest BCUT2D eigenvalue weighted by Gasteiger charge is 2.36. The number of rotatable bonds is 2. The first-order valence-corrected chi connectivity index (χ1v) is 5.76. The standard InChI is InChI=1S/C14H14O3/c1-9-5-7-10(8-6-9)14(17)13-11(15)3-2-4-12(13)16/h5-8,13H,2-4H2,1H3. The summed E-state index contributed by atoms with van der Waals surface area (Å²) in [5, 5.41) is 0. The molecular formula is C14H14O3. The highest BCUT2D eigenvalue weighted by molar-refractivity contribution is 6.25. The van der Waals surface area contributed by atoms with E-state index in [9.17, 15) is 14.4 Å². The number of carbonyl (C=O) groups excluding carboxylic acids is 3. The van der Waals surface area contributed by atoms with Crippen LogP contribution in [0.4, 0.5) is 0 Å². The molecule has 1 aliphatic rings. The molecular weight excluding hydrogens is 216 g/mol. The molecule has 0 saturated heterocycles. The number of carbonyl (C=O) groups is 3. The van der Waals surface area contributed by atoms with Crippen molar-refractivity contribution in [2.45, 2.75) is 26.2 Å². The third-order valence-corrected chi connectivity index (χ3v) is 3.09. The fraction of sp³-hybridized carbons (Fsp3) is 0.357. The molecule has 0 aliphatic heterocycles. The number of hydrogen-bond donors (Lipinski definition) is 0. The molecule has 1 aromatic carbocycles. The Kier molecular flexibility index (Phi) is 3.18. The fourth-order valence-corrected chi connectivity index (χ4v) is 2.08. The second kappa shape index (κ2) is 4.62. The molecule has 0 spiro atoms. The zero-order valence-corrected chi connectivity index (χ0v) is 9.73. The molecule has 0 amide bonds. The zero-order valence-electron chi connectivity index (χ0n) is 9.73. The van der Waals surface area contributed by atoms with Gasteiger partial charge in [0.05, 0.1) is 0 Å². The van der Waals surface area contributed by atoms with Crippen LogP contribution in [0.25, 0.3) is 0 Å². The maximum Gasteiger partial charge on any atom is 0.180 e. The maximum absolute atomic E-state index is 12.1. The van der Waals surface area contributed by atoms with E-state index in [0.717, 1.165) is 5.56 Å². The molecule has 1 saturated carbocycles. The third kappa shape index (κ3) is 2.33. The summed E-state index contributed by atoms with van der Waals surface area (Å²) in [7, 11) is 0. The Hall–Kier alpha value is -1.77. The van der Waals surface area contributed by atoms with E-state index in [1.807, 2.05) is 19.1 Å². The lowest BCUT2D eigenvalue weighted by Gasteiger charge is -2.18. The zero-order chi connectivity index (χ0) is 12.4. The van der Waals surface area contributed by atoms with Crippen molar-refractivity contribution < 1.29 is 14.4 Å². The summed E-state index contributed by atoms with van der Waals surface area (Å²) in [6.45, 7) is 1.92. The first-order chi connectivity index (χ1) is 8.09. The molecule has 17 heavy (non-hydrogen) atoms. The highest BCUT2D eigenvalue weighted by Crippen LogP contribution is 2.21. The van der Waals surface area contributed by atoms with E-state index >= 15 is 0 Å². The lowest BCUT2D eigenvalue weighted by atomic mass is 9.81. The van der Waals surface area contributed by atoms with Crippen LogP contribution in [-0.2, 0) is 9.59 Å². The summed E-state index contributed by atoms with van der Waals surface area (Å²) in [6.07, 6.45) is 1.26. The van der Waals surface area contributed by atoms with Crippen LogP contribution in [0.1, 0.15) is 35.2 Å². The van der Waals surface area contributed by atoms with Gasteiger partial charge in [-0.3, -0.25) is 14.4 Å². The fourth-order valence-electron chi connectivity index (χ4n) is 2.08. The Morgan fingerprint density at radius 3 is 2.12 bits per heavy atom. The Morgan fingerprint density at radius 2 is 1.59 bits per heavy atom. The number of ketones is 3. The summed E-state index contributed by atoms with van der Waals surface area (Å²) < 4.78 is 0. The molecule has 3 heteroatoms. The minimum Gasteiger partial charge on any atom is -0.298 e. The van der Waals surface area contributed by atoms with Gasteiger partial charge in [0, 0.05) is 18.4 Å².